The summed E-state index contributed by atoms with van der Waals surface area (Å²) in [4.78, 5) is 57.2. The summed E-state index contributed by atoms with van der Waals surface area (Å²) in [6.07, 6.45) is -4.37. The van der Waals surface area contributed by atoms with Gasteiger partial charge < -0.3 is 85.1 Å². The van der Waals surface area contributed by atoms with Crippen molar-refractivity contribution in [3.05, 3.63) is 178 Å². The van der Waals surface area contributed by atoms with Crippen LogP contribution in [0.15, 0.2) is 156 Å². The van der Waals surface area contributed by atoms with Crippen molar-refractivity contribution in [1.29, 1.82) is 0 Å². The molecule has 10 rings (SSSR count). The predicted molar refractivity (Wildman–Crippen MR) is 295 cm³/mol. The van der Waals surface area contributed by atoms with Gasteiger partial charge in [-0.05, 0) is 131 Å². The summed E-state index contributed by atoms with van der Waals surface area (Å²) in [5.41, 5.74) is 10.3. The number of anilines is 2. The number of aliphatic hydroxyl groups is 8. The Morgan fingerprint density at radius 3 is 1.42 bits per heavy atom. The fourth-order valence-electron chi connectivity index (χ4n) is 8.98. The molecule has 23 heteroatoms. The minimum absolute atomic E-state index is 0.156. The topological polar surface area (TPSA) is 361 Å². The molecule has 1 amide bonds. The van der Waals surface area contributed by atoms with Crippen LogP contribution < -0.4 is 31.6 Å². The Kier molecular flexibility index (Phi) is 19.0. The van der Waals surface area contributed by atoms with Gasteiger partial charge in [-0.1, -0.05) is 36.4 Å². The molecule has 0 spiro atoms. The Labute approximate surface area is 461 Å². The van der Waals surface area contributed by atoms with Crippen LogP contribution in [0.25, 0.3) is 43.8 Å². The minimum atomic E-state index is -1.54. The van der Waals surface area contributed by atoms with E-state index in [1.807, 2.05) is 24.3 Å². The number of benzene rings is 4. The highest BCUT2D eigenvalue weighted by molar-refractivity contribution is 5.91. The molecule has 81 heavy (non-hydrogen) atoms. The molecule has 0 aliphatic carbocycles. The lowest BCUT2D eigenvalue weighted by Crippen LogP contribution is -2.60. The summed E-state index contributed by atoms with van der Waals surface area (Å²) in [7, 11) is 0. The van der Waals surface area contributed by atoms with Gasteiger partial charge in [0, 0.05) is 41.8 Å². The van der Waals surface area contributed by atoms with E-state index in [4.69, 9.17) is 29.8 Å². The fraction of sp³-hybridized carbons (Fsp3) is 0.276. The molecule has 23 nitrogen and oxygen atoms in total. The lowest BCUT2D eigenvalue weighted by molar-refractivity contribution is -0.277. The molecule has 2 aliphatic rings. The maximum absolute atomic E-state index is 13.2. The van der Waals surface area contributed by atoms with E-state index in [1.54, 1.807) is 124 Å². The highest BCUT2D eigenvalue weighted by Gasteiger charge is 2.46. The second kappa shape index (κ2) is 26.2. The number of aryl methyl sites for hydroxylation is 2. The molecule has 0 radical (unpaired) electrons. The third-order valence-electron chi connectivity index (χ3n) is 13.4. The van der Waals surface area contributed by atoms with Gasteiger partial charge in [-0.25, -0.2) is 0 Å². The number of ether oxygens (including phenoxy) is 4. The number of amides is 1. The quantitative estimate of drug-likeness (QED) is 0.0787. The van der Waals surface area contributed by atoms with Gasteiger partial charge in [-0.2, -0.15) is 0 Å². The average Bonchev–Trinajstić information content (AvgIpc) is 3.63. The van der Waals surface area contributed by atoms with Crippen molar-refractivity contribution in [3.8, 4) is 33.8 Å². The van der Waals surface area contributed by atoms with Crippen molar-refractivity contribution in [3.63, 3.8) is 0 Å². The molecule has 6 heterocycles. The smallest absolute Gasteiger partial charge is 0.323 e. The van der Waals surface area contributed by atoms with Crippen molar-refractivity contribution in [1.82, 2.24) is 19.1 Å². The van der Waals surface area contributed by atoms with E-state index in [0.717, 1.165) is 32.2 Å². The lowest BCUT2D eigenvalue weighted by atomic mass is 9.99. The molecule has 0 bridgehead atoms. The van der Waals surface area contributed by atoms with Gasteiger partial charge in [0.05, 0.1) is 30.8 Å². The van der Waals surface area contributed by atoms with Crippen LogP contribution in [-0.4, -0.2) is 152 Å². The molecule has 12 N–H and O–H groups in total. The van der Waals surface area contributed by atoms with Crippen LogP contribution in [0.3, 0.4) is 0 Å². The van der Waals surface area contributed by atoms with E-state index in [9.17, 15) is 60.0 Å². The van der Waals surface area contributed by atoms with E-state index in [2.05, 4.69) is 15.3 Å². The monoisotopic (exact) mass is 1110 g/mol. The molecule has 2 aliphatic heterocycles. The first-order valence-electron chi connectivity index (χ1n) is 25.3. The molecule has 2 fully saturated rings. The number of carboxylic acid groups (broad SMARTS) is 1. The van der Waals surface area contributed by atoms with Crippen molar-refractivity contribution in [2.24, 2.45) is 0 Å². The van der Waals surface area contributed by atoms with Crippen molar-refractivity contribution >= 4 is 44.8 Å². The van der Waals surface area contributed by atoms with E-state index in [-0.39, 0.29) is 18.0 Å². The first-order chi connectivity index (χ1) is 38.8. The van der Waals surface area contributed by atoms with E-state index < -0.39 is 92.7 Å². The van der Waals surface area contributed by atoms with Gasteiger partial charge in [0.2, 0.25) is 18.5 Å². The van der Waals surface area contributed by atoms with Crippen LogP contribution in [0.1, 0.15) is 11.1 Å². The lowest BCUT2D eigenvalue weighted by Gasteiger charge is -2.39. The first kappa shape index (κ1) is 58.7. The number of hydrogen-bond acceptors (Lipinski definition) is 19. The Balaban J connectivity index is 0.000000191. The van der Waals surface area contributed by atoms with Gasteiger partial charge in [-0.3, -0.25) is 29.1 Å². The predicted octanol–water partition coefficient (Wildman–Crippen LogP) is 2.09. The van der Waals surface area contributed by atoms with Gasteiger partial charge in [0.25, 0.3) is 11.1 Å². The zero-order valence-corrected chi connectivity index (χ0v) is 43.6. The number of nitrogen functional groups attached to an aromatic ring is 1. The molecule has 4 aromatic heterocycles. The number of aliphatic carboxylic acids is 1. The van der Waals surface area contributed by atoms with Crippen LogP contribution in [0.5, 0.6) is 11.5 Å². The summed E-state index contributed by atoms with van der Waals surface area (Å²) in [6, 6.07) is 31.8. The molecule has 10 unspecified atom stereocenters. The number of rotatable bonds is 13. The molecule has 4 aromatic carbocycles. The Hall–Kier alpha value is -8.46. The van der Waals surface area contributed by atoms with Crippen molar-refractivity contribution < 1.29 is 74.5 Å². The van der Waals surface area contributed by atoms with Crippen LogP contribution in [0, 0.1) is 13.8 Å². The normalized spacial score (nSPS) is 22.3. The second-order valence-electron chi connectivity index (χ2n) is 19.2. The van der Waals surface area contributed by atoms with Crippen LogP contribution >= 0.6 is 0 Å². The maximum atomic E-state index is 13.2. The number of nitrogens with two attached hydrogens (primary N) is 1. The van der Waals surface area contributed by atoms with Crippen molar-refractivity contribution in [2.45, 2.75) is 88.3 Å². The number of nitrogens with zero attached hydrogens (tertiary/aromatic N) is 4. The maximum Gasteiger partial charge on any atom is 0.323 e. The highest BCUT2D eigenvalue weighted by atomic mass is 16.7. The largest absolute Gasteiger partial charge is 0.480 e. The molecular weight excluding hydrogens is 1050 g/mol. The highest BCUT2D eigenvalue weighted by Crippen LogP contribution is 2.33. The van der Waals surface area contributed by atoms with Gasteiger partial charge in [0.1, 0.15) is 73.4 Å². The third kappa shape index (κ3) is 13.9. The van der Waals surface area contributed by atoms with Crippen molar-refractivity contribution in [2.75, 3.05) is 24.3 Å². The summed E-state index contributed by atoms with van der Waals surface area (Å²) in [5, 5.41) is 93.1. The van der Waals surface area contributed by atoms with Gasteiger partial charge in [-0.15, -0.1) is 0 Å². The number of fused-ring (bicyclic) bond motifs is 2. The van der Waals surface area contributed by atoms with E-state index in [1.165, 1.54) is 17.0 Å². The number of carbonyl (C=O) groups excluding carboxylic acids is 1. The SMILES string of the molecule is Cc1cc(-c2ccc3ccn(CC(=O)Nc4cccnc4)c(=O)c3c2)ccc1OC1OC(CO)C(O)C(O)C1O.Cc1cc(-c2ccc3ccn(CC(=O)O)c(=O)c3c2)ccc1OC1OC(CO)C(O)C(O)C1O.Nc1cccnc1. The Morgan fingerprint density at radius 2 is 1.02 bits per heavy atom. The second-order valence-corrected chi connectivity index (χ2v) is 19.2. The Bertz CT molecular complexity index is 3600. The molecular formula is C58H60N6O17. The van der Waals surface area contributed by atoms with Gasteiger partial charge in [0.15, 0.2) is 0 Å². The molecule has 424 valence electrons. The number of carbonyl (C=O) groups is 2. The number of nitrogens with one attached hydrogen (secondary N) is 1. The van der Waals surface area contributed by atoms with E-state index >= 15 is 0 Å². The number of hydrogen-bond donors (Lipinski definition) is 11. The first-order valence-corrected chi connectivity index (χ1v) is 25.3. The number of aliphatic hydroxyl groups excluding tert-OH is 8. The fourth-order valence-corrected chi connectivity index (χ4v) is 8.98. The zero-order valence-electron chi connectivity index (χ0n) is 43.6. The van der Waals surface area contributed by atoms with Crippen LogP contribution in [0.4, 0.5) is 11.4 Å². The van der Waals surface area contributed by atoms with Crippen LogP contribution in [0.2, 0.25) is 0 Å². The Morgan fingerprint density at radius 1 is 0.580 bits per heavy atom. The minimum Gasteiger partial charge on any atom is -0.480 e. The number of aromatic nitrogens is 4. The summed E-state index contributed by atoms with van der Waals surface area (Å²) in [5.74, 6) is -0.729. The summed E-state index contributed by atoms with van der Waals surface area (Å²) < 4.78 is 24.8. The number of pyridine rings is 4. The molecule has 0 saturated carbocycles. The molecule has 8 aromatic rings. The van der Waals surface area contributed by atoms with Gasteiger partial charge >= 0.3 is 5.97 Å². The molecule has 2 saturated heterocycles. The van der Waals surface area contributed by atoms with E-state index in [0.29, 0.717) is 50.2 Å². The standard InChI is InChI=1S/C29H29N3O8.C24H25NO9.C5H6N2/c1-16-11-18(6-7-22(16)39-29-27(37)26(36)25(35)23(15-33)40-29)19-5-4-17-8-10-32(28(38)21(17)12-19)14-24(34)31-20-3-2-9-30-13-20;1-12-8-14(4-5-17(12)33-24-22(31)21(30)20(29)18(11-26)34-24)15-3-2-13-6-7-25(10-19(27)28)23(32)16(13)9-15;6-5-2-1-3-7-4-5/h2-13,23,25-27,29,33,35-37H,14-15H2,1H3,(H,31,34);2-9,18,20-22,24,26,29-31H,10-11H2,1H3,(H,27,28);1-4H,6H2. The summed E-state index contributed by atoms with van der Waals surface area (Å²) in [6.45, 7) is 1.86. The average molecular weight is 1110 g/mol. The zero-order chi connectivity index (χ0) is 58.1. The third-order valence-corrected chi connectivity index (χ3v) is 13.4. The number of carboxylic acids is 1. The van der Waals surface area contributed by atoms with Crippen LogP contribution in [-0.2, 0) is 32.2 Å². The molecule has 10 atom stereocenters. The summed E-state index contributed by atoms with van der Waals surface area (Å²) >= 11 is 0.